The van der Waals surface area contributed by atoms with E-state index < -0.39 is 9.84 Å². The third kappa shape index (κ3) is 2.67. The van der Waals surface area contributed by atoms with Gasteiger partial charge in [0.1, 0.15) is 0 Å². The number of carbonyl (C=O) groups is 1. The van der Waals surface area contributed by atoms with Crippen molar-refractivity contribution in [1.29, 1.82) is 0 Å². The molecule has 21 heavy (non-hydrogen) atoms. The van der Waals surface area contributed by atoms with Gasteiger partial charge >= 0.3 is 0 Å². The minimum Gasteiger partial charge on any atom is -0.345 e. The Morgan fingerprint density at radius 1 is 1.19 bits per heavy atom. The molecule has 1 atom stereocenters. The highest BCUT2D eigenvalue weighted by atomic mass is 32.2. The van der Waals surface area contributed by atoms with Crippen LogP contribution in [0.25, 0.3) is 0 Å². The van der Waals surface area contributed by atoms with Gasteiger partial charge in [-0.2, -0.15) is 0 Å². The van der Waals surface area contributed by atoms with E-state index in [9.17, 15) is 13.2 Å². The van der Waals surface area contributed by atoms with Gasteiger partial charge in [-0.15, -0.1) is 0 Å². The summed E-state index contributed by atoms with van der Waals surface area (Å²) in [5, 5.41) is 2.89. The van der Waals surface area contributed by atoms with Gasteiger partial charge in [0.15, 0.2) is 9.84 Å². The van der Waals surface area contributed by atoms with Gasteiger partial charge in [0.2, 0.25) is 0 Å². The van der Waals surface area contributed by atoms with Crippen molar-refractivity contribution in [3.63, 3.8) is 0 Å². The summed E-state index contributed by atoms with van der Waals surface area (Å²) in [5.41, 5.74) is 1.12. The van der Waals surface area contributed by atoms with Gasteiger partial charge < -0.3 is 5.32 Å². The first kappa shape index (κ1) is 13.8. The van der Waals surface area contributed by atoms with E-state index in [1.54, 1.807) is 42.6 Å². The molecular weight excluding hydrogens is 288 g/mol. The molecule has 0 saturated heterocycles. The smallest absolute Gasteiger partial charge is 0.253 e. The van der Waals surface area contributed by atoms with Gasteiger partial charge in [0.05, 0.1) is 22.3 Å². The zero-order valence-corrected chi connectivity index (χ0v) is 12.0. The standard InChI is InChI=1S/C15H14N2O3S/c18-15(11-4-3-8-16-10-11)17-13-7-9-21(19,20)14-6-2-1-5-12(13)14/h1-6,8,10,13H,7,9H2,(H,17,18)/t13-/m1/s1. The molecule has 2 aromatic rings. The third-order valence-corrected chi connectivity index (χ3v) is 5.35. The maximum absolute atomic E-state index is 12.2. The topological polar surface area (TPSA) is 76.1 Å². The Balaban J connectivity index is 1.90. The predicted octanol–water partition coefficient (Wildman–Crippen LogP) is 1.73. The van der Waals surface area contributed by atoms with E-state index in [0.717, 1.165) is 0 Å². The number of nitrogens with one attached hydrogen (secondary N) is 1. The van der Waals surface area contributed by atoms with Crippen LogP contribution < -0.4 is 5.32 Å². The Kier molecular flexibility index (Phi) is 3.47. The molecule has 0 fully saturated rings. The van der Waals surface area contributed by atoms with Crippen molar-refractivity contribution in [3.05, 3.63) is 59.9 Å². The van der Waals surface area contributed by atoms with Gasteiger partial charge in [0, 0.05) is 12.4 Å². The average molecular weight is 302 g/mol. The average Bonchev–Trinajstić information content (AvgIpc) is 2.51. The molecule has 2 heterocycles. The van der Waals surface area contributed by atoms with Gasteiger partial charge in [-0.1, -0.05) is 18.2 Å². The second-order valence-corrected chi connectivity index (χ2v) is 6.99. The molecule has 1 amide bonds. The highest BCUT2D eigenvalue weighted by molar-refractivity contribution is 7.91. The number of hydrogen-bond acceptors (Lipinski definition) is 4. The number of sulfone groups is 1. The molecule has 1 aromatic carbocycles. The van der Waals surface area contributed by atoms with Crippen LogP contribution in [0.2, 0.25) is 0 Å². The number of aromatic nitrogens is 1. The van der Waals surface area contributed by atoms with E-state index in [1.165, 1.54) is 6.20 Å². The molecule has 0 spiro atoms. The monoisotopic (exact) mass is 302 g/mol. The molecule has 6 heteroatoms. The number of benzene rings is 1. The highest BCUT2D eigenvalue weighted by Crippen LogP contribution is 2.31. The molecule has 1 aliphatic rings. The summed E-state index contributed by atoms with van der Waals surface area (Å²) < 4.78 is 24.1. The Bertz CT molecular complexity index is 773. The lowest BCUT2D eigenvalue weighted by Crippen LogP contribution is -2.33. The maximum atomic E-state index is 12.2. The lowest BCUT2D eigenvalue weighted by molar-refractivity contribution is 0.0934. The predicted molar refractivity (Wildman–Crippen MR) is 77.6 cm³/mol. The van der Waals surface area contributed by atoms with Crippen LogP contribution in [0.5, 0.6) is 0 Å². The van der Waals surface area contributed by atoms with Crippen LogP contribution in [0.3, 0.4) is 0 Å². The van der Waals surface area contributed by atoms with Crippen LogP contribution in [0.4, 0.5) is 0 Å². The van der Waals surface area contributed by atoms with Crippen molar-refractivity contribution in [2.45, 2.75) is 17.4 Å². The minimum absolute atomic E-state index is 0.0437. The molecule has 1 aromatic heterocycles. The number of pyridine rings is 1. The Labute approximate surface area is 122 Å². The van der Waals surface area contributed by atoms with Crippen LogP contribution in [-0.4, -0.2) is 25.1 Å². The number of hydrogen-bond donors (Lipinski definition) is 1. The molecule has 108 valence electrons. The second-order valence-electron chi connectivity index (χ2n) is 4.91. The Morgan fingerprint density at radius 2 is 2.00 bits per heavy atom. The molecule has 0 unspecified atom stereocenters. The van der Waals surface area contributed by atoms with E-state index >= 15 is 0 Å². The fraction of sp³-hybridized carbons (Fsp3) is 0.200. The van der Waals surface area contributed by atoms with Crippen molar-refractivity contribution in [1.82, 2.24) is 10.3 Å². The second kappa shape index (κ2) is 5.29. The highest BCUT2D eigenvalue weighted by Gasteiger charge is 2.30. The lowest BCUT2D eigenvalue weighted by Gasteiger charge is -2.26. The summed E-state index contributed by atoms with van der Waals surface area (Å²) in [6, 6.07) is 9.89. The van der Waals surface area contributed by atoms with Crippen molar-refractivity contribution >= 4 is 15.7 Å². The van der Waals surface area contributed by atoms with Crippen molar-refractivity contribution < 1.29 is 13.2 Å². The largest absolute Gasteiger partial charge is 0.345 e. The van der Waals surface area contributed by atoms with E-state index in [4.69, 9.17) is 0 Å². The van der Waals surface area contributed by atoms with E-state index in [0.29, 0.717) is 22.4 Å². The molecule has 0 aliphatic carbocycles. The van der Waals surface area contributed by atoms with Crippen molar-refractivity contribution in [2.24, 2.45) is 0 Å². The molecule has 3 rings (SSSR count). The number of fused-ring (bicyclic) bond motifs is 1. The van der Waals surface area contributed by atoms with Crippen molar-refractivity contribution in [2.75, 3.05) is 5.75 Å². The lowest BCUT2D eigenvalue weighted by atomic mass is 10.0. The molecule has 1 aliphatic heterocycles. The SMILES string of the molecule is O=C(N[C@@H]1CCS(=O)(=O)c2ccccc21)c1cccnc1. The number of carbonyl (C=O) groups excluding carboxylic acids is 1. The first-order valence-corrected chi connectivity index (χ1v) is 8.26. The van der Waals surface area contributed by atoms with Crippen LogP contribution in [0.15, 0.2) is 53.7 Å². The van der Waals surface area contributed by atoms with Gasteiger partial charge in [-0.3, -0.25) is 9.78 Å². The first-order chi connectivity index (χ1) is 10.1. The quantitative estimate of drug-likeness (QED) is 0.916. The summed E-state index contributed by atoms with van der Waals surface area (Å²) in [6.07, 6.45) is 3.46. The molecule has 0 bridgehead atoms. The summed E-state index contributed by atoms with van der Waals surface area (Å²) in [4.78, 5) is 16.4. The van der Waals surface area contributed by atoms with E-state index in [-0.39, 0.29) is 17.7 Å². The molecule has 1 N–H and O–H groups in total. The number of amides is 1. The molecule has 5 nitrogen and oxygen atoms in total. The maximum Gasteiger partial charge on any atom is 0.253 e. The summed E-state index contributed by atoms with van der Waals surface area (Å²) in [6.45, 7) is 0. The van der Waals surface area contributed by atoms with Crippen LogP contribution in [-0.2, 0) is 9.84 Å². The van der Waals surface area contributed by atoms with E-state index in [1.807, 2.05) is 0 Å². The van der Waals surface area contributed by atoms with Gasteiger partial charge in [-0.25, -0.2) is 8.42 Å². The zero-order chi connectivity index (χ0) is 14.9. The number of nitrogens with zero attached hydrogens (tertiary/aromatic N) is 1. The normalized spacial score (nSPS) is 19.5. The van der Waals surface area contributed by atoms with Gasteiger partial charge in [0.25, 0.3) is 5.91 Å². The van der Waals surface area contributed by atoms with Crippen LogP contribution in [0, 0.1) is 0 Å². The summed E-state index contributed by atoms with van der Waals surface area (Å²) >= 11 is 0. The van der Waals surface area contributed by atoms with Crippen LogP contribution in [0.1, 0.15) is 28.4 Å². The summed E-state index contributed by atoms with van der Waals surface area (Å²) in [5.74, 6) is -0.204. The molecule has 0 saturated carbocycles. The Morgan fingerprint density at radius 3 is 2.76 bits per heavy atom. The minimum atomic E-state index is -3.24. The summed E-state index contributed by atoms with van der Waals surface area (Å²) in [7, 11) is -3.24. The fourth-order valence-electron chi connectivity index (χ4n) is 2.48. The first-order valence-electron chi connectivity index (χ1n) is 6.60. The molecular formula is C15H14N2O3S. The molecule has 0 radical (unpaired) electrons. The third-order valence-electron chi connectivity index (χ3n) is 3.53. The van der Waals surface area contributed by atoms with Crippen molar-refractivity contribution in [3.8, 4) is 0 Å². The van der Waals surface area contributed by atoms with E-state index in [2.05, 4.69) is 10.3 Å². The fourth-order valence-corrected chi connectivity index (χ4v) is 4.10. The number of rotatable bonds is 2. The Hall–Kier alpha value is -2.21. The van der Waals surface area contributed by atoms with Crippen LogP contribution >= 0.6 is 0 Å². The zero-order valence-electron chi connectivity index (χ0n) is 11.2. The van der Waals surface area contributed by atoms with Gasteiger partial charge in [-0.05, 0) is 30.2 Å².